The van der Waals surface area contributed by atoms with E-state index in [1.54, 1.807) is 13.3 Å². The molecule has 1 unspecified atom stereocenters. The molecule has 1 atom stereocenters. The van der Waals surface area contributed by atoms with E-state index in [2.05, 4.69) is 23.5 Å². The summed E-state index contributed by atoms with van der Waals surface area (Å²) in [5.41, 5.74) is 6.03. The maximum absolute atomic E-state index is 5.73. The molecule has 0 fully saturated rings. The van der Waals surface area contributed by atoms with Crippen LogP contribution in [0.3, 0.4) is 0 Å². The zero-order valence-electron chi connectivity index (χ0n) is 11.6. The van der Waals surface area contributed by atoms with Crippen molar-refractivity contribution in [3.63, 3.8) is 0 Å². The second kappa shape index (κ2) is 5.86. The fraction of sp³-hybridized carbons (Fsp3) is 0.357. The third-order valence-corrected chi connectivity index (χ3v) is 3.21. The van der Waals surface area contributed by atoms with Crippen molar-refractivity contribution in [2.24, 2.45) is 5.84 Å². The molecule has 0 aliphatic rings. The summed E-state index contributed by atoms with van der Waals surface area (Å²) in [6.07, 6.45) is 1.78. The van der Waals surface area contributed by atoms with E-state index in [4.69, 9.17) is 10.6 Å². The number of hydrazine groups is 1. The van der Waals surface area contributed by atoms with Crippen molar-refractivity contribution in [3.8, 4) is 5.75 Å². The lowest BCUT2D eigenvalue weighted by atomic mass is 10.0. The summed E-state index contributed by atoms with van der Waals surface area (Å²) in [5, 5.41) is 4.28. The van der Waals surface area contributed by atoms with Gasteiger partial charge in [0.05, 0.1) is 18.8 Å². The van der Waals surface area contributed by atoms with Crippen LogP contribution in [0.5, 0.6) is 5.75 Å². The van der Waals surface area contributed by atoms with E-state index in [1.165, 1.54) is 0 Å². The Kier molecular flexibility index (Phi) is 4.19. The first kappa shape index (κ1) is 13.6. The van der Waals surface area contributed by atoms with Crippen LogP contribution in [0.1, 0.15) is 29.8 Å². The maximum Gasteiger partial charge on any atom is 0.124 e. The van der Waals surface area contributed by atoms with E-state index < -0.39 is 0 Å². The first-order valence-electron chi connectivity index (χ1n) is 6.33. The molecule has 0 aliphatic heterocycles. The van der Waals surface area contributed by atoms with E-state index in [0.29, 0.717) is 0 Å². The third-order valence-electron chi connectivity index (χ3n) is 3.21. The number of aryl methyl sites for hydroxylation is 2. The molecule has 19 heavy (non-hydrogen) atoms. The minimum atomic E-state index is -0.141. The minimum Gasteiger partial charge on any atom is -0.496 e. The Morgan fingerprint density at radius 1 is 1.42 bits per heavy atom. The van der Waals surface area contributed by atoms with Gasteiger partial charge in [-0.25, -0.2) is 5.43 Å². The largest absolute Gasteiger partial charge is 0.496 e. The molecule has 1 aromatic carbocycles. The lowest BCUT2D eigenvalue weighted by Gasteiger charge is -2.20. The van der Waals surface area contributed by atoms with E-state index in [-0.39, 0.29) is 6.04 Å². The Morgan fingerprint density at radius 3 is 2.84 bits per heavy atom. The first-order valence-corrected chi connectivity index (χ1v) is 6.33. The summed E-state index contributed by atoms with van der Waals surface area (Å²) >= 11 is 0. The average molecular weight is 260 g/mol. The van der Waals surface area contributed by atoms with Crippen LogP contribution in [-0.4, -0.2) is 16.9 Å². The number of nitrogens with two attached hydrogens (primary N) is 1. The predicted octanol–water partition coefficient (Wildman–Crippen LogP) is 1.77. The van der Waals surface area contributed by atoms with Gasteiger partial charge in [-0.15, -0.1) is 0 Å². The number of rotatable bonds is 5. The van der Waals surface area contributed by atoms with Crippen LogP contribution in [0.2, 0.25) is 0 Å². The minimum absolute atomic E-state index is 0.141. The van der Waals surface area contributed by atoms with Gasteiger partial charge < -0.3 is 4.74 Å². The Hall–Kier alpha value is -1.85. The molecule has 0 saturated heterocycles. The van der Waals surface area contributed by atoms with E-state index in [1.807, 2.05) is 29.8 Å². The number of ether oxygens (including phenoxy) is 1. The highest BCUT2D eigenvalue weighted by Gasteiger charge is 2.20. The van der Waals surface area contributed by atoms with Crippen molar-refractivity contribution in [2.45, 2.75) is 26.4 Å². The number of benzene rings is 1. The van der Waals surface area contributed by atoms with Crippen LogP contribution in [-0.2, 0) is 6.54 Å². The number of methoxy groups -OCH3 is 1. The highest BCUT2D eigenvalue weighted by Crippen LogP contribution is 2.30. The van der Waals surface area contributed by atoms with Crippen LogP contribution in [0.25, 0.3) is 0 Å². The zero-order chi connectivity index (χ0) is 13.8. The molecule has 5 heteroatoms. The molecule has 0 spiro atoms. The van der Waals surface area contributed by atoms with Crippen LogP contribution >= 0.6 is 0 Å². The highest BCUT2D eigenvalue weighted by molar-refractivity contribution is 5.42. The average Bonchev–Trinajstić information content (AvgIpc) is 2.89. The van der Waals surface area contributed by atoms with E-state index in [9.17, 15) is 0 Å². The summed E-state index contributed by atoms with van der Waals surface area (Å²) in [6, 6.07) is 7.92. The lowest BCUT2D eigenvalue weighted by molar-refractivity contribution is 0.401. The van der Waals surface area contributed by atoms with Gasteiger partial charge in [0.15, 0.2) is 0 Å². The molecule has 102 valence electrons. The summed E-state index contributed by atoms with van der Waals surface area (Å²) in [6.45, 7) is 4.89. The summed E-state index contributed by atoms with van der Waals surface area (Å²) in [5.74, 6) is 6.56. The van der Waals surface area contributed by atoms with Crippen molar-refractivity contribution in [3.05, 3.63) is 47.3 Å². The monoisotopic (exact) mass is 260 g/mol. The molecule has 0 aliphatic carbocycles. The molecule has 0 bridgehead atoms. The van der Waals surface area contributed by atoms with E-state index in [0.717, 1.165) is 29.1 Å². The van der Waals surface area contributed by atoms with Crippen molar-refractivity contribution in [1.29, 1.82) is 0 Å². The fourth-order valence-electron chi connectivity index (χ4n) is 2.24. The SMILES string of the molecule is CCn1nccc1C(NN)c1ccc(C)cc1OC. The highest BCUT2D eigenvalue weighted by atomic mass is 16.5. The summed E-state index contributed by atoms with van der Waals surface area (Å²) in [4.78, 5) is 0. The fourth-order valence-corrected chi connectivity index (χ4v) is 2.24. The standard InChI is InChI=1S/C14H20N4O/c1-4-18-12(7-8-16-18)14(17-15)11-6-5-10(2)9-13(11)19-3/h5-9,14,17H,4,15H2,1-3H3. The number of nitrogens with zero attached hydrogens (tertiary/aromatic N) is 2. The second-order valence-electron chi connectivity index (χ2n) is 4.42. The zero-order valence-corrected chi connectivity index (χ0v) is 11.6. The van der Waals surface area contributed by atoms with Crippen molar-refractivity contribution >= 4 is 0 Å². The number of hydrogen-bond acceptors (Lipinski definition) is 4. The van der Waals surface area contributed by atoms with E-state index >= 15 is 0 Å². The number of hydrogen-bond donors (Lipinski definition) is 2. The van der Waals surface area contributed by atoms with Gasteiger partial charge in [0.1, 0.15) is 5.75 Å². The smallest absolute Gasteiger partial charge is 0.124 e. The van der Waals surface area contributed by atoms with Gasteiger partial charge in [0.25, 0.3) is 0 Å². The summed E-state index contributed by atoms with van der Waals surface area (Å²) < 4.78 is 7.38. The Bertz CT molecular complexity index is 550. The van der Waals surface area contributed by atoms with Gasteiger partial charge in [-0.05, 0) is 31.5 Å². The number of nitrogens with one attached hydrogen (secondary N) is 1. The normalized spacial score (nSPS) is 12.4. The van der Waals surface area contributed by atoms with Crippen LogP contribution in [0, 0.1) is 6.92 Å². The Balaban J connectivity index is 2.48. The second-order valence-corrected chi connectivity index (χ2v) is 4.42. The Morgan fingerprint density at radius 2 is 2.21 bits per heavy atom. The molecule has 0 saturated carbocycles. The third kappa shape index (κ3) is 2.62. The van der Waals surface area contributed by atoms with Crippen LogP contribution in [0.4, 0.5) is 0 Å². The van der Waals surface area contributed by atoms with Crippen LogP contribution < -0.4 is 16.0 Å². The molecule has 0 radical (unpaired) electrons. The number of aromatic nitrogens is 2. The molecule has 2 rings (SSSR count). The van der Waals surface area contributed by atoms with Gasteiger partial charge in [-0.2, -0.15) is 5.10 Å². The van der Waals surface area contributed by atoms with Gasteiger partial charge in [-0.3, -0.25) is 10.5 Å². The molecule has 0 amide bonds. The Labute approximate surface area is 113 Å². The van der Waals surface area contributed by atoms with Gasteiger partial charge in [0, 0.05) is 18.3 Å². The van der Waals surface area contributed by atoms with Crippen molar-refractivity contribution in [1.82, 2.24) is 15.2 Å². The predicted molar refractivity (Wildman–Crippen MR) is 74.8 cm³/mol. The van der Waals surface area contributed by atoms with Gasteiger partial charge >= 0.3 is 0 Å². The molecule has 1 heterocycles. The van der Waals surface area contributed by atoms with Crippen LogP contribution in [0.15, 0.2) is 30.5 Å². The van der Waals surface area contributed by atoms with Gasteiger partial charge in [0.2, 0.25) is 0 Å². The molecular weight excluding hydrogens is 240 g/mol. The molecule has 5 nitrogen and oxygen atoms in total. The summed E-state index contributed by atoms with van der Waals surface area (Å²) in [7, 11) is 1.67. The van der Waals surface area contributed by atoms with Crippen molar-refractivity contribution in [2.75, 3.05) is 7.11 Å². The molecular formula is C14H20N4O. The quantitative estimate of drug-likeness (QED) is 0.635. The van der Waals surface area contributed by atoms with Gasteiger partial charge in [-0.1, -0.05) is 12.1 Å². The molecule has 2 aromatic rings. The molecule has 1 aromatic heterocycles. The topological polar surface area (TPSA) is 65.1 Å². The maximum atomic E-state index is 5.73. The first-order chi connectivity index (χ1) is 9.21. The lowest BCUT2D eigenvalue weighted by Crippen LogP contribution is -2.31. The molecule has 3 N–H and O–H groups in total. The van der Waals surface area contributed by atoms with Crippen molar-refractivity contribution < 1.29 is 4.74 Å².